The molecule has 0 bridgehead atoms. The monoisotopic (exact) mass is 252 g/mol. The summed E-state index contributed by atoms with van der Waals surface area (Å²) in [4.78, 5) is 0. The van der Waals surface area contributed by atoms with Crippen molar-refractivity contribution < 1.29 is 4.42 Å². The van der Waals surface area contributed by atoms with Crippen LogP contribution >= 0.6 is 0 Å². The first-order valence-electron chi connectivity index (χ1n) is 6.35. The minimum atomic E-state index is 0.572. The molecule has 0 fully saturated rings. The first-order valence-corrected chi connectivity index (χ1v) is 6.35. The van der Waals surface area contributed by atoms with Gasteiger partial charge in [0.2, 0.25) is 0 Å². The van der Waals surface area contributed by atoms with E-state index in [1.807, 2.05) is 30.3 Å². The molecule has 1 aromatic heterocycles. The van der Waals surface area contributed by atoms with Gasteiger partial charge in [0.25, 0.3) is 0 Å². The average Bonchev–Trinajstić information content (AvgIpc) is 2.89. The molecule has 19 heavy (non-hydrogen) atoms. The topological polar surface area (TPSA) is 51.2 Å². The van der Waals surface area contributed by atoms with Crippen LogP contribution in [0.2, 0.25) is 0 Å². The van der Waals surface area contributed by atoms with E-state index in [1.165, 1.54) is 5.56 Å². The lowest BCUT2D eigenvalue weighted by Gasteiger charge is -2.06. The van der Waals surface area contributed by atoms with Crippen molar-refractivity contribution in [3.63, 3.8) is 0 Å². The summed E-state index contributed by atoms with van der Waals surface area (Å²) in [5, 5.41) is 4.51. The maximum Gasteiger partial charge on any atom is 0.136 e. The summed E-state index contributed by atoms with van der Waals surface area (Å²) in [6.45, 7) is 1.33. The minimum Gasteiger partial charge on any atom is -0.462 e. The van der Waals surface area contributed by atoms with E-state index in [1.54, 1.807) is 6.26 Å². The van der Waals surface area contributed by atoms with E-state index in [9.17, 15) is 0 Å². The van der Waals surface area contributed by atoms with Gasteiger partial charge in [0.15, 0.2) is 0 Å². The molecular formula is C16H16N2O. The fourth-order valence-corrected chi connectivity index (χ4v) is 2.18. The Hall–Kier alpha value is -2.26. The molecule has 0 saturated heterocycles. The molecule has 3 N–H and O–H groups in total. The van der Waals surface area contributed by atoms with Gasteiger partial charge in [-0.2, -0.15) is 0 Å². The fraction of sp³-hybridized carbons (Fsp3) is 0.125. The lowest BCUT2D eigenvalue weighted by Crippen LogP contribution is -2.01. The Morgan fingerprint density at radius 2 is 1.84 bits per heavy atom. The zero-order valence-corrected chi connectivity index (χ0v) is 10.6. The Balaban J connectivity index is 1.78. The standard InChI is InChI=1S/C16H16N2O/c17-9-12-4-3-5-13(8-12)10-18-15-11-19-16-7-2-1-6-14(15)16/h1-8,11,18H,9-10,17H2. The van der Waals surface area contributed by atoms with E-state index in [0.29, 0.717) is 6.54 Å². The molecule has 0 unspecified atom stereocenters. The molecule has 0 saturated carbocycles. The largest absolute Gasteiger partial charge is 0.462 e. The van der Waals surface area contributed by atoms with Gasteiger partial charge >= 0.3 is 0 Å². The normalized spacial score (nSPS) is 10.8. The van der Waals surface area contributed by atoms with Crippen LogP contribution in [-0.4, -0.2) is 0 Å². The number of furan rings is 1. The molecule has 0 aliphatic rings. The van der Waals surface area contributed by atoms with Crippen molar-refractivity contribution in [1.82, 2.24) is 0 Å². The van der Waals surface area contributed by atoms with Gasteiger partial charge in [-0.1, -0.05) is 36.4 Å². The molecule has 3 heteroatoms. The third kappa shape index (κ3) is 2.46. The first kappa shape index (κ1) is 11.8. The molecular weight excluding hydrogens is 236 g/mol. The van der Waals surface area contributed by atoms with Gasteiger partial charge in [-0.05, 0) is 23.3 Å². The summed E-state index contributed by atoms with van der Waals surface area (Å²) in [7, 11) is 0. The number of hydrogen-bond acceptors (Lipinski definition) is 3. The van der Waals surface area contributed by atoms with Gasteiger partial charge in [0.1, 0.15) is 11.8 Å². The summed E-state index contributed by atoms with van der Waals surface area (Å²) in [5.41, 5.74) is 9.94. The van der Waals surface area contributed by atoms with Crippen LogP contribution in [0, 0.1) is 0 Å². The van der Waals surface area contributed by atoms with Gasteiger partial charge in [-0.15, -0.1) is 0 Å². The van der Waals surface area contributed by atoms with E-state index in [0.717, 1.165) is 28.8 Å². The molecule has 0 atom stereocenters. The number of nitrogens with one attached hydrogen (secondary N) is 1. The van der Waals surface area contributed by atoms with Crippen LogP contribution in [0.1, 0.15) is 11.1 Å². The molecule has 0 aliphatic carbocycles. The van der Waals surface area contributed by atoms with Gasteiger partial charge in [0.05, 0.1) is 5.69 Å². The number of rotatable bonds is 4. The highest BCUT2D eigenvalue weighted by atomic mass is 16.3. The molecule has 1 heterocycles. The predicted molar refractivity (Wildman–Crippen MR) is 77.9 cm³/mol. The van der Waals surface area contributed by atoms with Crippen molar-refractivity contribution in [3.05, 3.63) is 65.9 Å². The number of anilines is 1. The second kappa shape index (κ2) is 5.16. The molecule has 3 rings (SSSR count). The number of nitrogens with two attached hydrogens (primary N) is 1. The van der Waals surface area contributed by atoms with Crippen molar-refractivity contribution in [2.75, 3.05) is 5.32 Å². The summed E-state index contributed by atoms with van der Waals surface area (Å²) in [5.74, 6) is 0. The molecule has 2 aromatic carbocycles. The van der Waals surface area contributed by atoms with E-state index in [-0.39, 0.29) is 0 Å². The lowest BCUT2D eigenvalue weighted by molar-refractivity contribution is 0.616. The van der Waals surface area contributed by atoms with Crippen LogP contribution in [0.15, 0.2) is 59.2 Å². The zero-order valence-electron chi connectivity index (χ0n) is 10.6. The highest BCUT2D eigenvalue weighted by molar-refractivity contribution is 5.90. The molecule has 0 spiro atoms. The van der Waals surface area contributed by atoms with Crippen molar-refractivity contribution in [1.29, 1.82) is 0 Å². The summed E-state index contributed by atoms with van der Waals surface area (Å²) >= 11 is 0. The third-order valence-corrected chi connectivity index (χ3v) is 3.19. The van der Waals surface area contributed by atoms with Crippen LogP contribution in [0.25, 0.3) is 11.0 Å². The van der Waals surface area contributed by atoms with Crippen molar-refractivity contribution >= 4 is 16.7 Å². The SMILES string of the molecule is NCc1cccc(CNc2coc3ccccc23)c1. The second-order valence-electron chi connectivity index (χ2n) is 4.52. The van der Waals surface area contributed by atoms with Gasteiger partial charge in [0, 0.05) is 18.5 Å². The van der Waals surface area contributed by atoms with Crippen molar-refractivity contribution in [2.45, 2.75) is 13.1 Å². The Morgan fingerprint density at radius 1 is 1.00 bits per heavy atom. The van der Waals surface area contributed by atoms with Gasteiger partial charge in [-0.25, -0.2) is 0 Å². The quantitative estimate of drug-likeness (QED) is 0.747. The van der Waals surface area contributed by atoms with Crippen LogP contribution in [0.4, 0.5) is 5.69 Å². The Bertz CT molecular complexity index is 688. The number of para-hydroxylation sites is 1. The highest BCUT2D eigenvalue weighted by Gasteiger charge is 2.04. The van der Waals surface area contributed by atoms with Gasteiger partial charge in [-0.3, -0.25) is 0 Å². The zero-order chi connectivity index (χ0) is 13.1. The third-order valence-electron chi connectivity index (χ3n) is 3.19. The van der Waals surface area contributed by atoms with E-state index in [4.69, 9.17) is 10.2 Å². The first-order chi connectivity index (χ1) is 9.36. The maximum atomic E-state index is 5.65. The van der Waals surface area contributed by atoms with E-state index in [2.05, 4.69) is 23.5 Å². The van der Waals surface area contributed by atoms with Gasteiger partial charge < -0.3 is 15.5 Å². The average molecular weight is 252 g/mol. The molecule has 0 amide bonds. The fourth-order valence-electron chi connectivity index (χ4n) is 2.18. The summed E-state index contributed by atoms with van der Waals surface area (Å²) in [6.07, 6.45) is 1.76. The van der Waals surface area contributed by atoms with Crippen LogP contribution in [0.3, 0.4) is 0 Å². The Morgan fingerprint density at radius 3 is 2.74 bits per heavy atom. The predicted octanol–water partition coefficient (Wildman–Crippen LogP) is 3.50. The van der Waals surface area contributed by atoms with Crippen LogP contribution < -0.4 is 11.1 Å². The molecule has 96 valence electrons. The molecule has 3 aromatic rings. The molecule has 3 nitrogen and oxygen atoms in total. The number of hydrogen-bond donors (Lipinski definition) is 2. The number of fused-ring (bicyclic) bond motifs is 1. The summed E-state index contributed by atoms with van der Waals surface area (Å²) < 4.78 is 5.50. The van der Waals surface area contributed by atoms with E-state index >= 15 is 0 Å². The molecule has 0 radical (unpaired) electrons. The lowest BCUT2D eigenvalue weighted by atomic mass is 10.1. The Kier molecular flexibility index (Phi) is 3.21. The van der Waals surface area contributed by atoms with Crippen LogP contribution in [0.5, 0.6) is 0 Å². The molecule has 0 aliphatic heterocycles. The van der Waals surface area contributed by atoms with E-state index < -0.39 is 0 Å². The minimum absolute atomic E-state index is 0.572. The van der Waals surface area contributed by atoms with Crippen LogP contribution in [-0.2, 0) is 13.1 Å². The number of benzene rings is 2. The maximum absolute atomic E-state index is 5.65. The Labute approximate surface area is 112 Å². The second-order valence-corrected chi connectivity index (χ2v) is 4.52. The smallest absolute Gasteiger partial charge is 0.136 e. The summed E-state index contributed by atoms with van der Waals surface area (Å²) in [6, 6.07) is 16.3. The van der Waals surface area contributed by atoms with Crippen molar-refractivity contribution in [2.24, 2.45) is 5.73 Å². The van der Waals surface area contributed by atoms with Crippen molar-refractivity contribution in [3.8, 4) is 0 Å². The highest BCUT2D eigenvalue weighted by Crippen LogP contribution is 2.25.